The van der Waals surface area contributed by atoms with Gasteiger partial charge in [0.05, 0.1) is 6.10 Å². The first-order valence-electron chi connectivity index (χ1n) is 9.13. The van der Waals surface area contributed by atoms with Crippen LogP contribution in [0.1, 0.15) is 37.7 Å². The van der Waals surface area contributed by atoms with Gasteiger partial charge in [0.15, 0.2) is 0 Å². The number of amides is 3. The van der Waals surface area contributed by atoms with Gasteiger partial charge in [-0.05, 0) is 43.4 Å². The summed E-state index contributed by atoms with van der Waals surface area (Å²) in [4.78, 5) is 27.8. The molecule has 0 aliphatic carbocycles. The lowest BCUT2D eigenvalue weighted by atomic mass is 10.1. The molecule has 0 saturated carbocycles. The number of rotatable bonds is 5. The maximum absolute atomic E-state index is 12.2. The minimum absolute atomic E-state index is 0.102. The quantitative estimate of drug-likeness (QED) is 0.892. The summed E-state index contributed by atoms with van der Waals surface area (Å²) in [5.41, 5.74) is 1.92. The Kier molecular flexibility index (Phi) is 5.91. The molecule has 6 heteroatoms. The van der Waals surface area contributed by atoms with Gasteiger partial charge in [0.2, 0.25) is 5.91 Å². The zero-order valence-corrected chi connectivity index (χ0v) is 14.9. The van der Waals surface area contributed by atoms with Crippen LogP contribution in [0.2, 0.25) is 0 Å². The average molecular weight is 345 g/mol. The number of likely N-dealkylation sites (N-methyl/N-ethyl adjacent to an activating group) is 1. The Labute approximate surface area is 149 Å². The van der Waals surface area contributed by atoms with E-state index in [4.69, 9.17) is 4.74 Å². The van der Waals surface area contributed by atoms with Gasteiger partial charge in [0.1, 0.15) is 0 Å². The third-order valence-corrected chi connectivity index (χ3v) is 4.84. The summed E-state index contributed by atoms with van der Waals surface area (Å²) in [5.74, 6) is 0.184. The summed E-state index contributed by atoms with van der Waals surface area (Å²) in [6, 6.07) is 7.75. The Morgan fingerprint density at radius 1 is 1.36 bits per heavy atom. The van der Waals surface area contributed by atoms with Crippen molar-refractivity contribution in [1.29, 1.82) is 0 Å². The topological polar surface area (TPSA) is 61.9 Å². The van der Waals surface area contributed by atoms with Crippen LogP contribution in [-0.4, -0.2) is 49.7 Å². The van der Waals surface area contributed by atoms with Gasteiger partial charge in [-0.2, -0.15) is 0 Å². The van der Waals surface area contributed by atoms with Crippen LogP contribution in [-0.2, 0) is 16.1 Å². The molecule has 6 nitrogen and oxygen atoms in total. The van der Waals surface area contributed by atoms with Crippen molar-refractivity contribution in [3.05, 3.63) is 29.8 Å². The molecular weight excluding hydrogens is 318 g/mol. The molecule has 1 N–H and O–H groups in total. The van der Waals surface area contributed by atoms with E-state index in [1.807, 2.05) is 29.2 Å². The van der Waals surface area contributed by atoms with Gasteiger partial charge in [-0.1, -0.05) is 12.1 Å². The maximum atomic E-state index is 12.2. The van der Waals surface area contributed by atoms with Crippen molar-refractivity contribution in [3.63, 3.8) is 0 Å². The van der Waals surface area contributed by atoms with Crippen molar-refractivity contribution in [1.82, 2.24) is 10.2 Å². The number of carbonyl (C=O) groups is 2. The fourth-order valence-corrected chi connectivity index (χ4v) is 3.40. The summed E-state index contributed by atoms with van der Waals surface area (Å²) in [6.45, 7) is 2.64. The number of carbonyl (C=O) groups excluding carboxylic acids is 2. The van der Waals surface area contributed by atoms with E-state index in [0.717, 1.165) is 50.1 Å². The maximum Gasteiger partial charge on any atom is 0.317 e. The molecule has 0 aromatic heterocycles. The number of ether oxygens (including phenoxy) is 1. The SMILES string of the molecule is CN(CC1CCCO1)C(=O)NCc1cccc(N2CCCCC2=O)c1. The molecule has 2 fully saturated rings. The molecule has 2 saturated heterocycles. The second-order valence-corrected chi connectivity index (χ2v) is 6.85. The van der Waals surface area contributed by atoms with Gasteiger partial charge in [0, 0.05) is 45.4 Å². The van der Waals surface area contributed by atoms with Crippen LogP contribution in [0.5, 0.6) is 0 Å². The molecule has 1 aromatic rings. The lowest BCUT2D eigenvalue weighted by Gasteiger charge is -2.27. The average Bonchev–Trinajstić information content (AvgIpc) is 3.13. The van der Waals surface area contributed by atoms with E-state index in [1.165, 1.54) is 0 Å². The molecule has 0 bridgehead atoms. The number of hydrogen-bond donors (Lipinski definition) is 1. The number of nitrogens with one attached hydrogen (secondary N) is 1. The van der Waals surface area contributed by atoms with E-state index in [0.29, 0.717) is 19.5 Å². The van der Waals surface area contributed by atoms with E-state index in [2.05, 4.69) is 5.32 Å². The van der Waals surface area contributed by atoms with Gasteiger partial charge in [-0.15, -0.1) is 0 Å². The van der Waals surface area contributed by atoms with E-state index < -0.39 is 0 Å². The molecule has 2 heterocycles. The van der Waals surface area contributed by atoms with Gasteiger partial charge < -0.3 is 19.9 Å². The Balaban J connectivity index is 1.53. The van der Waals surface area contributed by atoms with Crippen LogP contribution in [0.3, 0.4) is 0 Å². The predicted octanol–water partition coefficient (Wildman–Crippen LogP) is 2.52. The first kappa shape index (κ1) is 17.7. The number of piperidine rings is 1. The number of hydrogen-bond acceptors (Lipinski definition) is 3. The van der Waals surface area contributed by atoms with Crippen LogP contribution in [0.15, 0.2) is 24.3 Å². The summed E-state index contributed by atoms with van der Waals surface area (Å²) in [7, 11) is 1.79. The third kappa shape index (κ3) is 4.72. The molecule has 1 aromatic carbocycles. The van der Waals surface area contributed by atoms with E-state index >= 15 is 0 Å². The van der Waals surface area contributed by atoms with Crippen molar-refractivity contribution in [2.24, 2.45) is 0 Å². The lowest BCUT2D eigenvalue weighted by molar-refractivity contribution is -0.119. The van der Waals surface area contributed by atoms with Crippen LogP contribution in [0.4, 0.5) is 10.5 Å². The molecule has 136 valence electrons. The molecular formula is C19H27N3O3. The molecule has 3 rings (SSSR count). The van der Waals surface area contributed by atoms with E-state index in [1.54, 1.807) is 11.9 Å². The fraction of sp³-hybridized carbons (Fsp3) is 0.579. The van der Waals surface area contributed by atoms with Crippen molar-refractivity contribution in [3.8, 4) is 0 Å². The molecule has 2 aliphatic heterocycles. The van der Waals surface area contributed by atoms with Gasteiger partial charge >= 0.3 is 6.03 Å². The van der Waals surface area contributed by atoms with Crippen LogP contribution >= 0.6 is 0 Å². The molecule has 0 radical (unpaired) electrons. The Hall–Kier alpha value is -2.08. The van der Waals surface area contributed by atoms with Gasteiger partial charge in [-0.3, -0.25) is 4.79 Å². The van der Waals surface area contributed by atoms with E-state index in [9.17, 15) is 9.59 Å². The lowest BCUT2D eigenvalue weighted by Crippen LogP contribution is -2.40. The molecule has 2 aliphatic rings. The molecule has 25 heavy (non-hydrogen) atoms. The first-order chi connectivity index (χ1) is 12.1. The largest absolute Gasteiger partial charge is 0.376 e. The molecule has 3 amide bonds. The Morgan fingerprint density at radius 3 is 3.00 bits per heavy atom. The number of nitrogens with zero attached hydrogens (tertiary/aromatic N) is 2. The number of anilines is 1. The standard InChI is InChI=1S/C19H27N3O3/c1-21(14-17-8-5-11-25-17)19(24)20-13-15-6-4-7-16(12-15)22-10-3-2-9-18(22)23/h4,6-7,12,17H,2-3,5,8-11,13-14H2,1H3,(H,20,24). The van der Waals surface area contributed by atoms with E-state index in [-0.39, 0.29) is 18.0 Å². The summed E-state index contributed by atoms with van der Waals surface area (Å²) in [5, 5.41) is 2.94. The second-order valence-electron chi connectivity index (χ2n) is 6.85. The van der Waals surface area contributed by atoms with Gasteiger partial charge in [-0.25, -0.2) is 4.79 Å². The van der Waals surface area contributed by atoms with Crippen molar-refractivity contribution < 1.29 is 14.3 Å². The highest BCUT2D eigenvalue weighted by Crippen LogP contribution is 2.22. The smallest absolute Gasteiger partial charge is 0.317 e. The zero-order valence-electron chi connectivity index (χ0n) is 14.9. The van der Waals surface area contributed by atoms with Crippen LogP contribution in [0, 0.1) is 0 Å². The van der Waals surface area contributed by atoms with Crippen LogP contribution < -0.4 is 10.2 Å². The number of urea groups is 1. The highest BCUT2D eigenvalue weighted by molar-refractivity contribution is 5.94. The Bertz CT molecular complexity index is 614. The summed E-state index contributed by atoms with van der Waals surface area (Å²) in [6.07, 6.45) is 4.88. The van der Waals surface area contributed by atoms with Crippen molar-refractivity contribution in [2.45, 2.75) is 44.8 Å². The molecule has 1 unspecified atom stereocenters. The minimum Gasteiger partial charge on any atom is -0.376 e. The van der Waals surface area contributed by atoms with Crippen molar-refractivity contribution in [2.75, 3.05) is 31.6 Å². The highest BCUT2D eigenvalue weighted by atomic mass is 16.5. The zero-order chi connectivity index (χ0) is 17.6. The summed E-state index contributed by atoms with van der Waals surface area (Å²) < 4.78 is 5.57. The van der Waals surface area contributed by atoms with Gasteiger partial charge in [0.25, 0.3) is 0 Å². The normalized spacial score (nSPS) is 20.6. The molecule has 0 spiro atoms. The third-order valence-electron chi connectivity index (χ3n) is 4.84. The van der Waals surface area contributed by atoms with Crippen LogP contribution in [0.25, 0.3) is 0 Å². The first-order valence-corrected chi connectivity index (χ1v) is 9.13. The molecule has 1 atom stereocenters. The van der Waals surface area contributed by atoms with Crippen molar-refractivity contribution >= 4 is 17.6 Å². The predicted molar refractivity (Wildman–Crippen MR) is 96.5 cm³/mol. The summed E-state index contributed by atoms with van der Waals surface area (Å²) >= 11 is 0. The minimum atomic E-state index is -0.102. The fourth-order valence-electron chi connectivity index (χ4n) is 3.40. The Morgan fingerprint density at radius 2 is 2.24 bits per heavy atom. The number of benzene rings is 1. The highest BCUT2D eigenvalue weighted by Gasteiger charge is 2.21. The monoisotopic (exact) mass is 345 g/mol. The second kappa shape index (κ2) is 8.34.